The van der Waals surface area contributed by atoms with Gasteiger partial charge in [0.1, 0.15) is 11.4 Å². The number of aliphatic hydroxyl groups is 1. The van der Waals surface area contributed by atoms with Gasteiger partial charge in [0.2, 0.25) is 5.91 Å². The second-order valence-corrected chi connectivity index (χ2v) is 11.9. The zero-order valence-corrected chi connectivity index (χ0v) is 22.3. The number of aliphatic hydroxyl groups excluding tert-OH is 1. The summed E-state index contributed by atoms with van der Waals surface area (Å²) in [5, 5.41) is 17.9. The minimum atomic E-state index is -0.853. The molecular formula is C28H37ClFN3O3. The molecular weight excluding hydrogens is 481 g/mol. The van der Waals surface area contributed by atoms with Crippen molar-refractivity contribution in [3.8, 4) is 5.75 Å². The van der Waals surface area contributed by atoms with Crippen LogP contribution in [0, 0.1) is 11.2 Å². The Kier molecular flexibility index (Phi) is 7.93. The van der Waals surface area contributed by atoms with Gasteiger partial charge in [-0.1, -0.05) is 44.5 Å². The smallest absolute Gasteiger partial charge is 0.217 e. The standard InChI is InChI=1S/C28H37ClFN3O3/c1-17(34)32-22(12-18-6-8-19(30)9-7-18)24(35)16-31-23-15-28(10-5-11-28)36-25-21(23)13-20(33-26(25)29)14-27(2,3)4/h6-9,13,22-24,31,35H,5,10-12,14-16H2,1-4H3,(H,32,34)/t22-,23-,24+/m0/s1. The quantitative estimate of drug-likeness (QED) is 0.433. The highest BCUT2D eigenvalue weighted by atomic mass is 35.5. The van der Waals surface area contributed by atoms with Crippen LogP contribution in [0.1, 0.15) is 76.2 Å². The first-order chi connectivity index (χ1) is 16.9. The van der Waals surface area contributed by atoms with E-state index < -0.39 is 12.1 Å². The van der Waals surface area contributed by atoms with E-state index in [0.29, 0.717) is 17.3 Å². The summed E-state index contributed by atoms with van der Waals surface area (Å²) in [5.74, 6) is 0.0896. The van der Waals surface area contributed by atoms with Gasteiger partial charge in [-0.05, 0) is 61.3 Å². The highest BCUT2D eigenvalue weighted by molar-refractivity contribution is 6.31. The molecule has 1 aliphatic heterocycles. The Bertz CT molecular complexity index is 1080. The lowest BCUT2D eigenvalue weighted by atomic mass is 9.73. The second-order valence-electron chi connectivity index (χ2n) is 11.6. The molecule has 6 nitrogen and oxygen atoms in total. The van der Waals surface area contributed by atoms with Crippen molar-refractivity contribution in [1.82, 2.24) is 15.6 Å². The van der Waals surface area contributed by atoms with Gasteiger partial charge in [-0.3, -0.25) is 4.79 Å². The molecule has 1 fully saturated rings. The van der Waals surface area contributed by atoms with Crippen LogP contribution in [0.5, 0.6) is 5.75 Å². The third-order valence-electron chi connectivity index (χ3n) is 7.06. The molecule has 1 spiro atoms. The summed E-state index contributed by atoms with van der Waals surface area (Å²) >= 11 is 6.63. The first-order valence-corrected chi connectivity index (χ1v) is 13.1. The van der Waals surface area contributed by atoms with Gasteiger partial charge in [-0.15, -0.1) is 0 Å². The van der Waals surface area contributed by atoms with Crippen LogP contribution in [-0.4, -0.2) is 40.3 Å². The van der Waals surface area contributed by atoms with Crippen molar-refractivity contribution < 1.29 is 19.0 Å². The van der Waals surface area contributed by atoms with Gasteiger partial charge in [0.15, 0.2) is 10.9 Å². The Morgan fingerprint density at radius 1 is 1.31 bits per heavy atom. The fourth-order valence-electron chi connectivity index (χ4n) is 5.19. The van der Waals surface area contributed by atoms with E-state index in [1.165, 1.54) is 19.1 Å². The number of hydrogen-bond acceptors (Lipinski definition) is 5. The lowest BCUT2D eigenvalue weighted by Crippen LogP contribution is -2.52. The molecule has 3 N–H and O–H groups in total. The molecule has 1 saturated carbocycles. The summed E-state index contributed by atoms with van der Waals surface area (Å²) in [7, 11) is 0. The number of aromatic nitrogens is 1. The zero-order valence-electron chi connectivity index (χ0n) is 21.5. The lowest BCUT2D eigenvalue weighted by molar-refractivity contribution is -0.120. The fraction of sp³-hybridized carbons (Fsp3) is 0.571. The van der Waals surface area contributed by atoms with E-state index in [1.807, 2.05) is 0 Å². The molecule has 0 saturated heterocycles. The average Bonchev–Trinajstić information content (AvgIpc) is 2.76. The van der Waals surface area contributed by atoms with E-state index in [4.69, 9.17) is 16.3 Å². The van der Waals surface area contributed by atoms with Crippen LogP contribution in [0.15, 0.2) is 30.3 Å². The minimum absolute atomic E-state index is 0.0559. The Hall–Kier alpha value is -2.22. The van der Waals surface area contributed by atoms with E-state index in [0.717, 1.165) is 48.9 Å². The van der Waals surface area contributed by atoms with Crippen LogP contribution < -0.4 is 15.4 Å². The third-order valence-corrected chi connectivity index (χ3v) is 7.31. The van der Waals surface area contributed by atoms with E-state index in [1.54, 1.807) is 12.1 Å². The number of nitrogens with one attached hydrogen (secondary N) is 2. The number of pyridine rings is 1. The number of carbonyl (C=O) groups is 1. The SMILES string of the molecule is CC(=O)N[C@@H](Cc1ccc(F)cc1)[C@H](O)CN[C@H]1CC2(CCC2)Oc2c1cc(CC(C)(C)C)nc2Cl. The summed E-state index contributed by atoms with van der Waals surface area (Å²) in [4.78, 5) is 16.5. The summed E-state index contributed by atoms with van der Waals surface area (Å²) in [6, 6.07) is 7.60. The van der Waals surface area contributed by atoms with Gasteiger partial charge in [0.05, 0.1) is 12.1 Å². The monoisotopic (exact) mass is 517 g/mol. The number of amides is 1. The second kappa shape index (κ2) is 10.6. The maximum atomic E-state index is 13.3. The van der Waals surface area contributed by atoms with Crippen molar-refractivity contribution in [3.63, 3.8) is 0 Å². The Balaban J connectivity index is 1.53. The van der Waals surface area contributed by atoms with Crippen molar-refractivity contribution in [2.75, 3.05) is 6.54 Å². The molecule has 2 heterocycles. The Labute approximate surface area is 218 Å². The normalized spacial score (nSPS) is 20.1. The number of hydrogen-bond donors (Lipinski definition) is 3. The first-order valence-electron chi connectivity index (χ1n) is 12.7. The largest absolute Gasteiger partial charge is 0.484 e. The highest BCUT2D eigenvalue weighted by Gasteiger charge is 2.46. The molecule has 2 aliphatic rings. The zero-order chi connectivity index (χ0) is 26.1. The number of halogens is 2. The number of ether oxygens (including phenoxy) is 1. The van der Waals surface area contributed by atoms with Gasteiger partial charge < -0.3 is 20.5 Å². The van der Waals surface area contributed by atoms with Gasteiger partial charge in [0, 0.05) is 37.2 Å². The molecule has 1 amide bonds. The minimum Gasteiger partial charge on any atom is -0.484 e. The highest BCUT2D eigenvalue weighted by Crippen LogP contribution is 2.51. The van der Waals surface area contributed by atoms with Crippen LogP contribution in [0.3, 0.4) is 0 Å². The molecule has 0 radical (unpaired) electrons. The van der Waals surface area contributed by atoms with Crippen LogP contribution in [-0.2, 0) is 17.6 Å². The number of benzene rings is 1. The third kappa shape index (κ3) is 6.55. The molecule has 1 aromatic carbocycles. The van der Waals surface area contributed by atoms with Gasteiger partial charge in [0.25, 0.3) is 0 Å². The summed E-state index contributed by atoms with van der Waals surface area (Å²) < 4.78 is 19.7. The predicted octanol–water partition coefficient (Wildman–Crippen LogP) is 4.91. The molecule has 8 heteroatoms. The molecule has 0 unspecified atom stereocenters. The van der Waals surface area contributed by atoms with Crippen molar-refractivity contribution in [1.29, 1.82) is 0 Å². The van der Waals surface area contributed by atoms with Crippen LogP contribution in [0.2, 0.25) is 5.15 Å². The molecule has 4 rings (SSSR count). The Morgan fingerprint density at radius 3 is 2.58 bits per heavy atom. The van der Waals surface area contributed by atoms with E-state index >= 15 is 0 Å². The van der Waals surface area contributed by atoms with Gasteiger partial charge in [-0.25, -0.2) is 9.37 Å². The number of fused-ring (bicyclic) bond motifs is 1. The molecule has 1 aliphatic carbocycles. The fourth-order valence-corrected chi connectivity index (χ4v) is 5.45. The van der Waals surface area contributed by atoms with Crippen molar-refractivity contribution in [2.24, 2.45) is 5.41 Å². The van der Waals surface area contributed by atoms with Crippen LogP contribution in [0.25, 0.3) is 0 Å². The molecule has 36 heavy (non-hydrogen) atoms. The molecule has 3 atom stereocenters. The van der Waals surface area contributed by atoms with Crippen molar-refractivity contribution >= 4 is 17.5 Å². The van der Waals surface area contributed by atoms with Crippen molar-refractivity contribution in [3.05, 3.63) is 58.1 Å². The summed E-state index contributed by atoms with van der Waals surface area (Å²) in [6.45, 7) is 8.19. The maximum Gasteiger partial charge on any atom is 0.217 e. The molecule has 2 aromatic rings. The van der Waals surface area contributed by atoms with E-state index in [9.17, 15) is 14.3 Å². The van der Waals surface area contributed by atoms with Gasteiger partial charge >= 0.3 is 0 Å². The molecule has 1 aromatic heterocycles. The predicted molar refractivity (Wildman–Crippen MR) is 139 cm³/mol. The van der Waals surface area contributed by atoms with E-state index in [-0.39, 0.29) is 35.3 Å². The molecule has 196 valence electrons. The van der Waals surface area contributed by atoms with E-state index in [2.05, 4.69) is 42.5 Å². The number of carbonyl (C=O) groups excluding carboxylic acids is 1. The number of nitrogens with zero attached hydrogens (tertiary/aromatic N) is 1. The van der Waals surface area contributed by atoms with Crippen LogP contribution in [0.4, 0.5) is 4.39 Å². The summed E-state index contributed by atoms with van der Waals surface area (Å²) in [5.41, 5.74) is 2.52. The maximum absolute atomic E-state index is 13.3. The van der Waals surface area contributed by atoms with Crippen LogP contribution >= 0.6 is 11.6 Å². The van der Waals surface area contributed by atoms with Crippen molar-refractivity contribution in [2.45, 2.75) is 90.0 Å². The Morgan fingerprint density at radius 2 is 2.00 bits per heavy atom. The first kappa shape index (κ1) is 26.8. The molecule has 0 bridgehead atoms. The topological polar surface area (TPSA) is 83.5 Å². The number of rotatable bonds is 8. The average molecular weight is 518 g/mol. The van der Waals surface area contributed by atoms with Gasteiger partial charge in [-0.2, -0.15) is 0 Å². The lowest BCUT2D eigenvalue weighted by Gasteiger charge is -2.48. The summed E-state index contributed by atoms with van der Waals surface area (Å²) in [6.07, 6.45) is 4.14.